The summed E-state index contributed by atoms with van der Waals surface area (Å²) in [7, 11) is 0. The Labute approximate surface area is 232 Å². The quantitative estimate of drug-likeness (QED) is 0.248. The lowest BCUT2D eigenvalue weighted by Crippen LogP contribution is -2.31. The second-order valence-electron chi connectivity index (χ2n) is 10.7. The first kappa shape index (κ1) is 24.2. The Balaban J connectivity index is 1.45. The standard InChI is InChI=1S/C34H31N5O/c1-5-38-28-12-8-6-10-24(28)25-19-23(15-17-29(25)38)32-31(33(40)36-26-16-14-20(2)18-21(26)3)22(4)35-34-37-27-11-7-9-13-30(27)39(32)34/h6-19,32H,5H2,1-4H3,(H,35,37)(H,36,40)/t32-/m1/s1. The normalized spacial score (nSPS) is 15.1. The third-order valence-electron chi connectivity index (χ3n) is 8.13. The molecule has 0 aliphatic carbocycles. The average molecular weight is 526 g/mol. The number of para-hydroxylation sites is 3. The molecule has 0 unspecified atom stereocenters. The molecule has 7 rings (SSSR count). The Kier molecular flexibility index (Phi) is 5.52. The largest absolute Gasteiger partial charge is 0.341 e. The van der Waals surface area contributed by atoms with Gasteiger partial charge in [-0.25, -0.2) is 4.98 Å². The molecular weight excluding hydrogens is 494 g/mol. The van der Waals surface area contributed by atoms with E-state index in [1.807, 2.05) is 44.2 Å². The smallest absolute Gasteiger partial charge is 0.255 e. The lowest BCUT2D eigenvalue weighted by Gasteiger charge is -2.31. The van der Waals surface area contributed by atoms with Gasteiger partial charge in [0, 0.05) is 39.7 Å². The molecule has 0 radical (unpaired) electrons. The van der Waals surface area contributed by atoms with Crippen molar-refractivity contribution in [2.45, 2.75) is 40.3 Å². The monoisotopic (exact) mass is 525 g/mol. The van der Waals surface area contributed by atoms with Crippen LogP contribution in [-0.4, -0.2) is 20.0 Å². The second-order valence-corrected chi connectivity index (χ2v) is 10.7. The molecule has 6 heteroatoms. The van der Waals surface area contributed by atoms with E-state index in [0.29, 0.717) is 5.57 Å². The summed E-state index contributed by atoms with van der Waals surface area (Å²) >= 11 is 0. The molecule has 198 valence electrons. The van der Waals surface area contributed by atoms with E-state index < -0.39 is 0 Å². The Morgan fingerprint density at radius 1 is 0.875 bits per heavy atom. The van der Waals surface area contributed by atoms with Gasteiger partial charge in [0.1, 0.15) is 0 Å². The number of imidazole rings is 1. The van der Waals surface area contributed by atoms with Crippen LogP contribution in [0.2, 0.25) is 0 Å². The van der Waals surface area contributed by atoms with Gasteiger partial charge >= 0.3 is 0 Å². The van der Waals surface area contributed by atoms with Crippen LogP contribution in [0.15, 0.2) is 96.2 Å². The summed E-state index contributed by atoms with van der Waals surface area (Å²) in [6.45, 7) is 9.12. The number of nitrogens with zero attached hydrogens (tertiary/aromatic N) is 3. The molecule has 1 atom stereocenters. The van der Waals surface area contributed by atoms with Crippen LogP contribution in [-0.2, 0) is 11.3 Å². The summed E-state index contributed by atoms with van der Waals surface area (Å²) < 4.78 is 4.52. The summed E-state index contributed by atoms with van der Waals surface area (Å²) in [4.78, 5) is 19.0. The van der Waals surface area contributed by atoms with Gasteiger partial charge in [0.2, 0.25) is 5.95 Å². The van der Waals surface area contributed by atoms with Gasteiger partial charge in [-0.05, 0) is 75.2 Å². The van der Waals surface area contributed by atoms with Gasteiger partial charge in [0.05, 0.1) is 22.6 Å². The molecule has 2 N–H and O–H groups in total. The fourth-order valence-corrected chi connectivity index (χ4v) is 6.30. The minimum Gasteiger partial charge on any atom is -0.341 e. The number of anilines is 2. The first-order valence-corrected chi connectivity index (χ1v) is 13.8. The van der Waals surface area contributed by atoms with Gasteiger partial charge < -0.3 is 15.2 Å². The zero-order chi connectivity index (χ0) is 27.5. The number of fused-ring (bicyclic) bond motifs is 6. The minimum atomic E-state index is -0.359. The molecule has 3 heterocycles. The maximum Gasteiger partial charge on any atom is 0.255 e. The van der Waals surface area contributed by atoms with E-state index in [1.165, 1.54) is 21.8 Å². The van der Waals surface area contributed by atoms with Gasteiger partial charge in [-0.3, -0.25) is 9.36 Å². The molecule has 1 aliphatic heterocycles. The molecule has 0 saturated heterocycles. The van der Waals surface area contributed by atoms with Crippen molar-refractivity contribution < 1.29 is 4.79 Å². The van der Waals surface area contributed by atoms with Gasteiger partial charge in [0.15, 0.2) is 0 Å². The van der Waals surface area contributed by atoms with Crippen LogP contribution in [0.25, 0.3) is 32.8 Å². The molecule has 6 aromatic rings. The Morgan fingerprint density at radius 2 is 1.62 bits per heavy atom. The Hall–Kier alpha value is -4.84. The maximum atomic E-state index is 14.1. The average Bonchev–Trinajstić information content (AvgIpc) is 3.48. The van der Waals surface area contributed by atoms with Crippen molar-refractivity contribution in [1.29, 1.82) is 0 Å². The molecule has 2 aromatic heterocycles. The lowest BCUT2D eigenvalue weighted by atomic mass is 9.93. The third-order valence-corrected chi connectivity index (χ3v) is 8.13. The Bertz CT molecular complexity index is 2010. The highest BCUT2D eigenvalue weighted by molar-refractivity contribution is 6.09. The molecule has 1 aliphatic rings. The number of amides is 1. The van der Waals surface area contributed by atoms with Gasteiger partial charge in [-0.2, -0.15) is 0 Å². The molecule has 4 aromatic carbocycles. The first-order chi connectivity index (χ1) is 19.4. The number of nitrogens with one attached hydrogen (secondary N) is 2. The fourth-order valence-electron chi connectivity index (χ4n) is 6.30. The van der Waals surface area contributed by atoms with E-state index >= 15 is 0 Å². The minimum absolute atomic E-state index is 0.124. The summed E-state index contributed by atoms with van der Waals surface area (Å²) in [5, 5.41) is 9.05. The molecule has 0 bridgehead atoms. The van der Waals surface area contributed by atoms with Crippen LogP contribution < -0.4 is 10.6 Å². The predicted octanol–water partition coefficient (Wildman–Crippen LogP) is 7.71. The number of carbonyl (C=O) groups excluding carboxylic acids is 1. The van der Waals surface area contributed by atoms with Crippen LogP contribution in [0.3, 0.4) is 0 Å². The lowest BCUT2D eigenvalue weighted by molar-refractivity contribution is -0.113. The molecule has 40 heavy (non-hydrogen) atoms. The number of benzene rings is 4. The van der Waals surface area contributed by atoms with Crippen molar-refractivity contribution >= 4 is 50.4 Å². The maximum absolute atomic E-state index is 14.1. The Morgan fingerprint density at radius 3 is 2.42 bits per heavy atom. The van der Waals surface area contributed by atoms with Crippen molar-refractivity contribution in [3.05, 3.63) is 113 Å². The highest BCUT2D eigenvalue weighted by atomic mass is 16.1. The molecule has 1 amide bonds. The van der Waals surface area contributed by atoms with Crippen LogP contribution in [0, 0.1) is 13.8 Å². The van der Waals surface area contributed by atoms with Crippen LogP contribution >= 0.6 is 0 Å². The second kappa shape index (κ2) is 9.12. The number of aryl methyl sites for hydroxylation is 3. The third kappa shape index (κ3) is 3.63. The van der Waals surface area contributed by atoms with E-state index in [0.717, 1.165) is 51.6 Å². The van der Waals surface area contributed by atoms with Crippen molar-refractivity contribution in [3.63, 3.8) is 0 Å². The van der Waals surface area contributed by atoms with Gasteiger partial charge in [0.25, 0.3) is 5.91 Å². The number of rotatable bonds is 4. The number of aromatic nitrogens is 3. The fraction of sp³-hybridized carbons (Fsp3) is 0.176. The van der Waals surface area contributed by atoms with Crippen molar-refractivity contribution in [2.24, 2.45) is 0 Å². The summed E-state index contributed by atoms with van der Waals surface area (Å²) in [6, 6.07) is 29.0. The van der Waals surface area contributed by atoms with Gasteiger partial charge in [-0.15, -0.1) is 0 Å². The van der Waals surface area contributed by atoms with Crippen molar-refractivity contribution in [2.75, 3.05) is 10.6 Å². The van der Waals surface area contributed by atoms with Crippen molar-refractivity contribution in [3.8, 4) is 0 Å². The molecular formula is C34H31N5O. The topological polar surface area (TPSA) is 63.9 Å². The number of hydrogen-bond donors (Lipinski definition) is 2. The van der Waals surface area contributed by atoms with E-state index in [4.69, 9.17) is 4.98 Å². The van der Waals surface area contributed by atoms with E-state index in [1.54, 1.807) is 0 Å². The summed E-state index contributed by atoms with van der Waals surface area (Å²) in [6.07, 6.45) is 0. The number of hydrogen-bond acceptors (Lipinski definition) is 3. The van der Waals surface area contributed by atoms with Crippen LogP contribution in [0.5, 0.6) is 0 Å². The van der Waals surface area contributed by atoms with Crippen LogP contribution in [0.1, 0.15) is 36.6 Å². The molecule has 0 spiro atoms. The predicted molar refractivity (Wildman–Crippen MR) is 164 cm³/mol. The van der Waals surface area contributed by atoms with E-state index in [-0.39, 0.29) is 11.9 Å². The highest BCUT2D eigenvalue weighted by Crippen LogP contribution is 2.41. The summed E-state index contributed by atoms with van der Waals surface area (Å²) in [5.74, 6) is 0.615. The summed E-state index contributed by atoms with van der Waals surface area (Å²) in [5.41, 5.74) is 9.82. The first-order valence-electron chi connectivity index (χ1n) is 13.8. The van der Waals surface area contributed by atoms with Gasteiger partial charge in [-0.1, -0.05) is 54.1 Å². The zero-order valence-electron chi connectivity index (χ0n) is 23.1. The van der Waals surface area contributed by atoms with E-state index in [2.05, 4.69) is 88.2 Å². The number of carbonyl (C=O) groups is 1. The van der Waals surface area contributed by atoms with Crippen LogP contribution in [0.4, 0.5) is 11.6 Å². The molecule has 6 nitrogen and oxygen atoms in total. The highest BCUT2D eigenvalue weighted by Gasteiger charge is 2.34. The molecule has 0 saturated carbocycles. The number of allylic oxidation sites excluding steroid dienone is 1. The SMILES string of the molecule is CCn1c2ccccc2c2cc([C@@H]3C(C(=O)Nc4ccc(C)cc4C)=C(C)Nc4nc5ccccc5n43)ccc21. The van der Waals surface area contributed by atoms with E-state index in [9.17, 15) is 4.79 Å². The molecule has 0 fully saturated rings. The van der Waals surface area contributed by atoms with Crippen molar-refractivity contribution in [1.82, 2.24) is 14.1 Å². The zero-order valence-corrected chi connectivity index (χ0v) is 23.1.